The average molecular weight is 479 g/mol. The summed E-state index contributed by atoms with van der Waals surface area (Å²) in [6.45, 7) is -0.487. The highest BCUT2D eigenvalue weighted by atomic mass is 32.2. The molecule has 0 saturated carbocycles. The topological polar surface area (TPSA) is 51.1 Å². The summed E-state index contributed by atoms with van der Waals surface area (Å²) >= 11 is 2.91. The number of carbonyl (C=O) groups is 1. The summed E-state index contributed by atoms with van der Waals surface area (Å²) in [5.74, 6) is 1.31. The number of carbonyl (C=O) groups excluding carboxylic acids is 1. The van der Waals surface area contributed by atoms with E-state index in [1.165, 1.54) is 17.8 Å². The monoisotopic (exact) mass is 478 g/mol. The van der Waals surface area contributed by atoms with Crippen LogP contribution in [-0.2, 0) is 4.79 Å². The summed E-state index contributed by atoms with van der Waals surface area (Å²) in [5.41, 5.74) is 2.05. The first-order valence-corrected chi connectivity index (χ1v) is 12.1. The molecule has 1 amide bonds. The van der Waals surface area contributed by atoms with Gasteiger partial charge in [0, 0.05) is 12.1 Å². The van der Waals surface area contributed by atoms with Gasteiger partial charge in [0.05, 0.1) is 12.0 Å². The Balaban J connectivity index is 1.99. The number of thioether (sulfide) groups is 2. The van der Waals surface area contributed by atoms with Gasteiger partial charge in [-0.3, -0.25) is 9.69 Å². The standard InChI is InChI=1S/C23H24F2N2O3S2/c1-15-9-10-19(29-2)17(13-15)26-23-27(11-6-12-31-3)21(28)20(32-23)14-16-7-4-5-8-18(16)30-22(24)25/h4-5,7-10,13-14,22H,6,11-12H2,1-3H3. The maximum atomic E-state index is 13.2. The van der Waals surface area contributed by atoms with Gasteiger partial charge in [-0.15, -0.1) is 0 Å². The number of rotatable bonds is 9. The van der Waals surface area contributed by atoms with E-state index in [-0.39, 0.29) is 11.7 Å². The van der Waals surface area contributed by atoms with Gasteiger partial charge in [-0.1, -0.05) is 24.3 Å². The molecule has 1 aliphatic heterocycles. The van der Waals surface area contributed by atoms with Crippen molar-refractivity contribution in [2.45, 2.75) is 20.0 Å². The average Bonchev–Trinajstić information content (AvgIpc) is 3.04. The highest BCUT2D eigenvalue weighted by Gasteiger charge is 2.33. The first-order chi connectivity index (χ1) is 15.4. The number of benzene rings is 2. The molecule has 2 aromatic rings. The summed E-state index contributed by atoms with van der Waals surface area (Å²) < 4.78 is 35.6. The quantitative estimate of drug-likeness (QED) is 0.329. The molecule has 1 fully saturated rings. The van der Waals surface area contributed by atoms with Crippen LogP contribution >= 0.6 is 23.5 Å². The van der Waals surface area contributed by atoms with E-state index >= 15 is 0 Å². The molecular weight excluding hydrogens is 454 g/mol. The van der Waals surface area contributed by atoms with E-state index in [0.29, 0.717) is 33.6 Å². The molecule has 1 saturated heterocycles. The van der Waals surface area contributed by atoms with Crippen LogP contribution in [0.25, 0.3) is 6.08 Å². The molecule has 0 aliphatic carbocycles. The number of aryl methyl sites for hydroxylation is 1. The maximum absolute atomic E-state index is 13.2. The number of hydrogen-bond donors (Lipinski definition) is 0. The summed E-state index contributed by atoms with van der Waals surface area (Å²) in [5, 5.41) is 0.526. The van der Waals surface area contributed by atoms with E-state index in [1.54, 1.807) is 48.0 Å². The van der Waals surface area contributed by atoms with Crippen LogP contribution in [0.1, 0.15) is 17.5 Å². The van der Waals surface area contributed by atoms with E-state index < -0.39 is 6.61 Å². The molecule has 2 aromatic carbocycles. The fraction of sp³-hybridized carbons (Fsp3) is 0.304. The van der Waals surface area contributed by atoms with Crippen LogP contribution in [0.3, 0.4) is 0 Å². The van der Waals surface area contributed by atoms with E-state index in [9.17, 15) is 13.6 Å². The van der Waals surface area contributed by atoms with Gasteiger partial charge in [0.25, 0.3) is 5.91 Å². The molecule has 170 valence electrons. The third kappa shape index (κ3) is 6.04. The minimum absolute atomic E-state index is 0.0167. The molecule has 0 atom stereocenters. The second-order valence-corrected chi connectivity index (χ2v) is 8.89. The third-order valence-electron chi connectivity index (χ3n) is 4.59. The predicted octanol–water partition coefficient (Wildman–Crippen LogP) is 5.96. The van der Waals surface area contributed by atoms with Crippen LogP contribution in [-0.4, -0.2) is 48.2 Å². The first kappa shape index (κ1) is 24.1. The number of hydrogen-bond acceptors (Lipinski definition) is 6. The van der Waals surface area contributed by atoms with Crippen LogP contribution in [0.4, 0.5) is 14.5 Å². The highest BCUT2D eigenvalue weighted by Crippen LogP contribution is 2.38. The van der Waals surface area contributed by atoms with Crippen molar-refractivity contribution < 1.29 is 23.0 Å². The Kier molecular flexibility index (Phi) is 8.58. The van der Waals surface area contributed by atoms with Gasteiger partial charge in [-0.05, 0) is 67.0 Å². The van der Waals surface area contributed by atoms with Crippen molar-refractivity contribution in [2.24, 2.45) is 4.99 Å². The van der Waals surface area contributed by atoms with E-state index in [2.05, 4.69) is 4.74 Å². The van der Waals surface area contributed by atoms with E-state index in [0.717, 1.165) is 17.7 Å². The Hall–Kier alpha value is -2.52. The van der Waals surface area contributed by atoms with Crippen molar-refractivity contribution in [3.63, 3.8) is 0 Å². The van der Waals surface area contributed by atoms with Crippen LogP contribution in [0, 0.1) is 6.92 Å². The number of amidine groups is 1. The number of nitrogens with zero attached hydrogens (tertiary/aromatic N) is 2. The zero-order valence-electron chi connectivity index (χ0n) is 18.0. The molecule has 3 rings (SSSR count). The number of ether oxygens (including phenoxy) is 2. The maximum Gasteiger partial charge on any atom is 0.387 e. The number of para-hydroxylation sites is 1. The fourth-order valence-corrected chi connectivity index (χ4v) is 4.52. The van der Waals surface area contributed by atoms with Gasteiger partial charge in [-0.2, -0.15) is 20.5 Å². The summed E-state index contributed by atoms with van der Waals surface area (Å²) in [6.07, 6.45) is 4.39. The van der Waals surface area contributed by atoms with Crippen LogP contribution in [0.5, 0.6) is 11.5 Å². The highest BCUT2D eigenvalue weighted by molar-refractivity contribution is 8.18. The number of methoxy groups -OCH3 is 1. The zero-order valence-corrected chi connectivity index (χ0v) is 19.6. The van der Waals surface area contributed by atoms with Gasteiger partial charge in [0.15, 0.2) is 5.17 Å². The largest absolute Gasteiger partial charge is 0.494 e. The van der Waals surface area contributed by atoms with E-state index in [1.807, 2.05) is 31.4 Å². The second-order valence-electron chi connectivity index (χ2n) is 6.90. The van der Waals surface area contributed by atoms with Gasteiger partial charge in [0.2, 0.25) is 0 Å². The molecule has 5 nitrogen and oxygen atoms in total. The van der Waals surface area contributed by atoms with Crippen molar-refractivity contribution in [1.82, 2.24) is 4.90 Å². The molecule has 0 bridgehead atoms. The molecular formula is C23H24F2N2O3S2. The van der Waals surface area contributed by atoms with Crippen molar-refractivity contribution in [3.05, 3.63) is 58.5 Å². The molecule has 0 radical (unpaired) electrons. The lowest BCUT2D eigenvalue weighted by Crippen LogP contribution is -2.30. The number of aliphatic imine (C=N–C) groups is 1. The molecule has 0 unspecified atom stereocenters. The van der Waals surface area contributed by atoms with Gasteiger partial charge >= 0.3 is 6.61 Å². The first-order valence-electron chi connectivity index (χ1n) is 9.90. The minimum atomic E-state index is -2.95. The predicted molar refractivity (Wildman–Crippen MR) is 128 cm³/mol. The Bertz CT molecular complexity index is 1030. The molecule has 32 heavy (non-hydrogen) atoms. The molecule has 0 spiro atoms. The molecule has 1 aliphatic rings. The number of halogens is 2. The fourth-order valence-electron chi connectivity index (χ4n) is 3.09. The smallest absolute Gasteiger partial charge is 0.387 e. The molecule has 1 heterocycles. The van der Waals surface area contributed by atoms with Crippen molar-refractivity contribution in [1.29, 1.82) is 0 Å². The lowest BCUT2D eigenvalue weighted by Gasteiger charge is -2.15. The lowest BCUT2D eigenvalue weighted by molar-refractivity contribution is -0.122. The Morgan fingerprint density at radius 3 is 2.72 bits per heavy atom. The Morgan fingerprint density at radius 2 is 2.00 bits per heavy atom. The van der Waals surface area contributed by atoms with Gasteiger partial charge in [0.1, 0.15) is 17.2 Å². The summed E-state index contributed by atoms with van der Waals surface area (Å²) in [4.78, 5) is 19.9. The molecule has 9 heteroatoms. The normalized spacial score (nSPS) is 16.4. The van der Waals surface area contributed by atoms with Crippen LogP contribution < -0.4 is 9.47 Å². The van der Waals surface area contributed by atoms with Gasteiger partial charge in [-0.25, -0.2) is 4.99 Å². The van der Waals surface area contributed by atoms with Gasteiger partial charge < -0.3 is 9.47 Å². The second kappa shape index (κ2) is 11.4. The Labute approximate surface area is 194 Å². The van der Waals surface area contributed by atoms with Crippen LogP contribution in [0.2, 0.25) is 0 Å². The zero-order chi connectivity index (χ0) is 23.1. The van der Waals surface area contributed by atoms with E-state index in [4.69, 9.17) is 9.73 Å². The minimum Gasteiger partial charge on any atom is -0.494 e. The summed E-state index contributed by atoms with van der Waals surface area (Å²) in [6, 6.07) is 12.1. The molecule has 0 aromatic heterocycles. The summed E-state index contributed by atoms with van der Waals surface area (Å²) in [7, 11) is 1.57. The van der Waals surface area contributed by atoms with Crippen molar-refractivity contribution >= 4 is 46.4 Å². The third-order valence-corrected chi connectivity index (χ3v) is 6.29. The lowest BCUT2D eigenvalue weighted by atomic mass is 10.2. The van der Waals surface area contributed by atoms with Crippen molar-refractivity contribution in [3.8, 4) is 11.5 Å². The Morgan fingerprint density at radius 1 is 1.22 bits per heavy atom. The van der Waals surface area contributed by atoms with Crippen molar-refractivity contribution in [2.75, 3.05) is 25.7 Å². The van der Waals surface area contributed by atoms with Crippen LogP contribution in [0.15, 0.2) is 52.4 Å². The number of amides is 1. The SMILES string of the molecule is COc1ccc(C)cc1N=C1SC(=Cc2ccccc2OC(F)F)C(=O)N1CCCSC. The molecule has 0 N–H and O–H groups in total. The number of alkyl halides is 2.